The molecule has 1 fully saturated rings. The molecule has 1 amide bonds. The maximum Gasteiger partial charge on any atom is 0.273 e. The molecule has 1 aliphatic carbocycles. The van der Waals surface area contributed by atoms with Gasteiger partial charge >= 0.3 is 0 Å². The lowest BCUT2D eigenvalue weighted by Gasteiger charge is -2.36. The number of carbonyl (C=O) groups excluding carboxylic acids is 1. The summed E-state index contributed by atoms with van der Waals surface area (Å²) in [5, 5.41) is 7.65. The van der Waals surface area contributed by atoms with Crippen molar-refractivity contribution in [1.82, 2.24) is 15.1 Å². The van der Waals surface area contributed by atoms with Crippen LogP contribution in [0.1, 0.15) is 66.7 Å². The second-order valence-electron chi connectivity index (χ2n) is 8.84. The number of nitrogens with zero attached hydrogens (tertiary/aromatic N) is 2. The zero-order chi connectivity index (χ0) is 23.7. The second-order valence-corrected chi connectivity index (χ2v) is 8.84. The normalized spacial score (nSPS) is 18.1. The van der Waals surface area contributed by atoms with Crippen LogP contribution in [0, 0.1) is 0 Å². The van der Waals surface area contributed by atoms with Crippen LogP contribution in [-0.4, -0.2) is 47.9 Å². The van der Waals surface area contributed by atoms with Crippen molar-refractivity contribution >= 4 is 5.91 Å². The third-order valence-electron chi connectivity index (χ3n) is 6.94. The molecule has 0 spiro atoms. The van der Waals surface area contributed by atoms with Gasteiger partial charge in [0.25, 0.3) is 5.91 Å². The molecule has 178 valence electrons. The minimum Gasteiger partial charge on any atom is -0.497 e. The van der Waals surface area contributed by atoms with Crippen LogP contribution in [0.3, 0.4) is 0 Å². The first kappa shape index (κ1) is 22.3. The molecule has 1 N–H and O–H groups in total. The van der Waals surface area contributed by atoms with E-state index in [1.54, 1.807) is 14.2 Å². The summed E-state index contributed by atoms with van der Waals surface area (Å²) in [7, 11) is 3.30. The van der Waals surface area contributed by atoms with Gasteiger partial charge in [-0.05, 0) is 61.7 Å². The van der Waals surface area contributed by atoms with Crippen molar-refractivity contribution in [2.24, 2.45) is 0 Å². The number of hydrogen-bond acceptors (Lipinski definition) is 5. The number of ether oxygens (including phenoxy) is 3. The lowest BCUT2D eigenvalue weighted by molar-refractivity contribution is 0.0606. The zero-order valence-corrected chi connectivity index (χ0v) is 20.0. The average Bonchev–Trinajstić information content (AvgIpc) is 3.44. The molecule has 2 heterocycles. The molecule has 0 radical (unpaired) electrons. The quantitative estimate of drug-likeness (QED) is 0.512. The molecule has 1 aliphatic heterocycles. The Hall–Kier alpha value is -3.48. The summed E-state index contributed by atoms with van der Waals surface area (Å²) in [5.74, 6) is 2.17. The van der Waals surface area contributed by atoms with E-state index in [4.69, 9.17) is 14.2 Å². The number of H-pyrrole nitrogens is 1. The first-order valence-corrected chi connectivity index (χ1v) is 12.0. The van der Waals surface area contributed by atoms with E-state index in [0.717, 1.165) is 53.8 Å². The summed E-state index contributed by atoms with van der Waals surface area (Å²) in [6.45, 7) is 2.51. The van der Waals surface area contributed by atoms with Gasteiger partial charge in [-0.25, -0.2) is 0 Å². The summed E-state index contributed by atoms with van der Waals surface area (Å²) < 4.78 is 16.7. The molecular formula is C27H31N3O4. The van der Waals surface area contributed by atoms with Gasteiger partial charge < -0.3 is 19.1 Å². The number of nitrogens with one attached hydrogen (secondary N) is 1. The lowest BCUT2D eigenvalue weighted by Crippen LogP contribution is -2.40. The molecule has 0 saturated heterocycles. The lowest BCUT2D eigenvalue weighted by atomic mass is 9.90. The fourth-order valence-corrected chi connectivity index (χ4v) is 5.33. The SMILES string of the molecule is CCOc1ccc(C2c3c(-c4ccc(OC)cc4)n[nH]c3C(=O)N2C2CCCCC2)cc1OC. The highest BCUT2D eigenvalue weighted by atomic mass is 16.5. The number of fused-ring (bicyclic) bond motifs is 1. The van der Waals surface area contributed by atoms with E-state index in [2.05, 4.69) is 15.1 Å². The summed E-state index contributed by atoms with van der Waals surface area (Å²) in [6, 6.07) is 13.7. The third-order valence-corrected chi connectivity index (χ3v) is 6.94. The molecule has 1 atom stereocenters. The largest absolute Gasteiger partial charge is 0.497 e. The molecule has 1 aromatic heterocycles. The number of methoxy groups -OCH3 is 2. The van der Waals surface area contributed by atoms with Crippen LogP contribution in [0.2, 0.25) is 0 Å². The van der Waals surface area contributed by atoms with Crippen molar-refractivity contribution in [3.05, 3.63) is 59.3 Å². The average molecular weight is 462 g/mol. The van der Waals surface area contributed by atoms with Gasteiger partial charge in [-0.2, -0.15) is 5.10 Å². The fourth-order valence-electron chi connectivity index (χ4n) is 5.33. The number of hydrogen-bond donors (Lipinski definition) is 1. The molecule has 2 aliphatic rings. The highest BCUT2D eigenvalue weighted by Gasteiger charge is 2.45. The molecule has 1 saturated carbocycles. The highest BCUT2D eigenvalue weighted by molar-refractivity contribution is 6.00. The van der Waals surface area contributed by atoms with Gasteiger partial charge in [-0.3, -0.25) is 9.89 Å². The number of aromatic amines is 1. The van der Waals surface area contributed by atoms with Gasteiger partial charge in [0.1, 0.15) is 11.4 Å². The molecule has 0 bridgehead atoms. The van der Waals surface area contributed by atoms with Crippen molar-refractivity contribution in [2.45, 2.75) is 51.1 Å². The Morgan fingerprint density at radius 3 is 2.44 bits per heavy atom. The highest BCUT2D eigenvalue weighted by Crippen LogP contribution is 2.47. The zero-order valence-electron chi connectivity index (χ0n) is 20.0. The Labute approximate surface area is 200 Å². The van der Waals surface area contributed by atoms with Crippen molar-refractivity contribution in [3.8, 4) is 28.5 Å². The van der Waals surface area contributed by atoms with Gasteiger partial charge in [0.15, 0.2) is 11.5 Å². The second kappa shape index (κ2) is 9.41. The predicted octanol–water partition coefficient (Wildman–Crippen LogP) is 5.37. The van der Waals surface area contributed by atoms with Crippen LogP contribution >= 0.6 is 0 Å². The first-order chi connectivity index (χ1) is 16.7. The van der Waals surface area contributed by atoms with E-state index in [0.29, 0.717) is 23.8 Å². The number of aromatic nitrogens is 2. The molecule has 7 heteroatoms. The van der Waals surface area contributed by atoms with Crippen molar-refractivity contribution in [3.63, 3.8) is 0 Å². The van der Waals surface area contributed by atoms with E-state index >= 15 is 0 Å². The standard InChI is InChI=1S/C27H31N3O4/c1-4-34-21-15-12-18(16-22(21)33-3)26-23-24(17-10-13-20(32-2)14-11-17)28-29-25(23)27(31)30(26)19-8-6-5-7-9-19/h10-16,19,26H,4-9H2,1-3H3,(H,28,29). The summed E-state index contributed by atoms with van der Waals surface area (Å²) in [6.07, 6.45) is 5.55. The van der Waals surface area contributed by atoms with E-state index in [9.17, 15) is 4.79 Å². The molecule has 2 aromatic carbocycles. The number of amides is 1. The van der Waals surface area contributed by atoms with Crippen molar-refractivity contribution in [2.75, 3.05) is 20.8 Å². The van der Waals surface area contributed by atoms with Crippen molar-refractivity contribution in [1.29, 1.82) is 0 Å². The Balaban J connectivity index is 1.64. The smallest absolute Gasteiger partial charge is 0.273 e. The summed E-state index contributed by atoms with van der Waals surface area (Å²) >= 11 is 0. The molecular weight excluding hydrogens is 430 g/mol. The number of benzene rings is 2. The predicted molar refractivity (Wildman–Crippen MR) is 130 cm³/mol. The molecule has 7 nitrogen and oxygen atoms in total. The van der Waals surface area contributed by atoms with Gasteiger partial charge in [-0.1, -0.05) is 25.3 Å². The minimum absolute atomic E-state index is 0.0204. The Bertz CT molecular complexity index is 1170. The summed E-state index contributed by atoms with van der Waals surface area (Å²) in [4.78, 5) is 15.8. The van der Waals surface area contributed by atoms with E-state index in [1.807, 2.05) is 49.4 Å². The molecule has 34 heavy (non-hydrogen) atoms. The van der Waals surface area contributed by atoms with Gasteiger partial charge in [0.05, 0.1) is 32.6 Å². The molecule has 5 rings (SSSR count). The fraction of sp³-hybridized carbons (Fsp3) is 0.407. The maximum atomic E-state index is 13.7. The topological polar surface area (TPSA) is 76.7 Å². The third kappa shape index (κ3) is 3.79. The number of carbonyl (C=O) groups is 1. The first-order valence-electron chi connectivity index (χ1n) is 12.0. The van der Waals surface area contributed by atoms with Crippen LogP contribution in [0.25, 0.3) is 11.3 Å². The number of rotatable bonds is 7. The van der Waals surface area contributed by atoms with Gasteiger partial charge in [0.2, 0.25) is 0 Å². The Kier molecular flexibility index (Phi) is 6.18. The maximum absolute atomic E-state index is 13.7. The Morgan fingerprint density at radius 1 is 1.00 bits per heavy atom. The molecule has 3 aromatic rings. The van der Waals surface area contributed by atoms with Crippen LogP contribution in [0.4, 0.5) is 0 Å². The molecule has 1 unspecified atom stereocenters. The van der Waals surface area contributed by atoms with E-state index in [1.165, 1.54) is 6.42 Å². The van der Waals surface area contributed by atoms with Crippen LogP contribution in [-0.2, 0) is 0 Å². The minimum atomic E-state index is -0.244. The van der Waals surface area contributed by atoms with Gasteiger partial charge in [0, 0.05) is 17.2 Å². The van der Waals surface area contributed by atoms with E-state index < -0.39 is 0 Å². The van der Waals surface area contributed by atoms with Crippen LogP contribution < -0.4 is 14.2 Å². The Morgan fingerprint density at radius 2 is 1.76 bits per heavy atom. The van der Waals surface area contributed by atoms with Crippen LogP contribution in [0.5, 0.6) is 17.2 Å². The van der Waals surface area contributed by atoms with E-state index in [-0.39, 0.29) is 18.0 Å². The van der Waals surface area contributed by atoms with Crippen LogP contribution in [0.15, 0.2) is 42.5 Å². The van der Waals surface area contributed by atoms with Crippen molar-refractivity contribution < 1.29 is 19.0 Å². The van der Waals surface area contributed by atoms with Gasteiger partial charge in [-0.15, -0.1) is 0 Å². The summed E-state index contributed by atoms with van der Waals surface area (Å²) in [5.41, 5.74) is 4.23. The monoisotopic (exact) mass is 461 g/mol.